The van der Waals surface area contributed by atoms with E-state index in [9.17, 15) is 14.0 Å². The number of carbonyl (C=O) groups is 1. The van der Waals surface area contributed by atoms with E-state index in [1.807, 2.05) is 32.0 Å². The van der Waals surface area contributed by atoms with Crippen LogP contribution in [-0.2, 0) is 6.54 Å². The summed E-state index contributed by atoms with van der Waals surface area (Å²) in [5.41, 5.74) is 4.27. The van der Waals surface area contributed by atoms with E-state index in [0.29, 0.717) is 48.4 Å². The summed E-state index contributed by atoms with van der Waals surface area (Å²) in [6.07, 6.45) is 0. The Kier molecular flexibility index (Phi) is 6.31. The van der Waals surface area contributed by atoms with Gasteiger partial charge in [0.25, 0.3) is 5.56 Å². The molecule has 1 fully saturated rings. The molecule has 2 aromatic heterocycles. The van der Waals surface area contributed by atoms with Crippen molar-refractivity contribution >= 4 is 28.0 Å². The first-order valence-corrected chi connectivity index (χ1v) is 12.2. The van der Waals surface area contributed by atoms with Gasteiger partial charge in [-0.1, -0.05) is 17.4 Å². The van der Waals surface area contributed by atoms with Gasteiger partial charge in [-0.25, -0.2) is 14.2 Å². The van der Waals surface area contributed by atoms with Gasteiger partial charge in [-0.3, -0.25) is 9.69 Å². The first-order chi connectivity index (χ1) is 16.9. The summed E-state index contributed by atoms with van der Waals surface area (Å²) in [5, 5.41) is 7.93. The Balaban J connectivity index is 1.22. The molecule has 2 amide bonds. The molecule has 3 heterocycles. The Hall–Kier alpha value is -3.63. The summed E-state index contributed by atoms with van der Waals surface area (Å²) in [7, 11) is 0. The number of nitrogens with zero attached hydrogens (tertiary/aromatic N) is 5. The molecule has 1 saturated heterocycles. The normalized spacial score (nSPS) is 14.4. The average molecular weight is 493 g/mol. The Morgan fingerprint density at radius 3 is 2.49 bits per heavy atom. The Labute approximate surface area is 205 Å². The van der Waals surface area contributed by atoms with Crippen LogP contribution in [0.15, 0.2) is 53.3 Å². The maximum atomic E-state index is 13.2. The van der Waals surface area contributed by atoms with Gasteiger partial charge in [0.1, 0.15) is 10.8 Å². The second-order valence-corrected chi connectivity index (χ2v) is 9.64. The SMILES string of the molecule is Cc1ccc(NC(=O)N2CCN(Cc3cc(=O)n4nc(-c5ccc(F)cc5)sc4n3)CC2)cc1C. The quantitative estimate of drug-likeness (QED) is 0.467. The van der Waals surface area contributed by atoms with Crippen molar-refractivity contribution in [3.8, 4) is 10.6 Å². The number of aromatic nitrogens is 3. The van der Waals surface area contributed by atoms with Crippen LogP contribution in [0.2, 0.25) is 0 Å². The van der Waals surface area contributed by atoms with E-state index in [4.69, 9.17) is 0 Å². The van der Waals surface area contributed by atoms with Crippen molar-refractivity contribution in [1.82, 2.24) is 24.4 Å². The molecular weight excluding hydrogens is 467 g/mol. The van der Waals surface area contributed by atoms with E-state index in [1.165, 1.54) is 39.6 Å². The van der Waals surface area contributed by atoms with Gasteiger partial charge >= 0.3 is 6.03 Å². The van der Waals surface area contributed by atoms with Crippen molar-refractivity contribution in [1.29, 1.82) is 0 Å². The van der Waals surface area contributed by atoms with Crippen LogP contribution in [-0.4, -0.2) is 56.6 Å². The third kappa shape index (κ3) is 5.08. The number of rotatable bonds is 4. The van der Waals surface area contributed by atoms with Crippen molar-refractivity contribution in [3.63, 3.8) is 0 Å². The lowest BCUT2D eigenvalue weighted by molar-refractivity contribution is 0.142. The minimum absolute atomic E-state index is 0.108. The number of nitrogens with one attached hydrogen (secondary N) is 1. The van der Waals surface area contributed by atoms with Crippen molar-refractivity contribution in [3.05, 3.63) is 81.5 Å². The highest BCUT2D eigenvalue weighted by Crippen LogP contribution is 2.24. The van der Waals surface area contributed by atoms with Gasteiger partial charge in [-0.05, 0) is 61.4 Å². The Morgan fingerprint density at radius 1 is 1.03 bits per heavy atom. The van der Waals surface area contributed by atoms with Crippen LogP contribution in [0.4, 0.5) is 14.9 Å². The maximum Gasteiger partial charge on any atom is 0.321 e. The molecule has 180 valence electrons. The molecule has 1 aliphatic rings. The number of aryl methyl sites for hydroxylation is 2. The fraction of sp³-hybridized carbons (Fsp3) is 0.280. The van der Waals surface area contributed by atoms with Gasteiger partial charge in [0.15, 0.2) is 0 Å². The Bertz CT molecular complexity index is 1440. The zero-order valence-electron chi connectivity index (χ0n) is 19.5. The predicted molar refractivity (Wildman–Crippen MR) is 134 cm³/mol. The number of urea groups is 1. The second kappa shape index (κ2) is 9.55. The molecule has 0 spiro atoms. The predicted octanol–water partition coefficient (Wildman–Crippen LogP) is 3.92. The molecule has 2 aromatic carbocycles. The van der Waals surface area contributed by atoms with Gasteiger partial charge in [0, 0.05) is 50.0 Å². The second-order valence-electron chi connectivity index (χ2n) is 8.69. The van der Waals surface area contributed by atoms with Crippen molar-refractivity contribution in [2.45, 2.75) is 20.4 Å². The van der Waals surface area contributed by atoms with Gasteiger partial charge in [0.2, 0.25) is 4.96 Å². The lowest BCUT2D eigenvalue weighted by Crippen LogP contribution is -2.49. The minimum Gasteiger partial charge on any atom is -0.322 e. The van der Waals surface area contributed by atoms with Crippen LogP contribution in [0.5, 0.6) is 0 Å². The van der Waals surface area contributed by atoms with Crippen LogP contribution in [0, 0.1) is 19.7 Å². The molecule has 0 radical (unpaired) electrons. The van der Waals surface area contributed by atoms with Crippen molar-refractivity contribution in [2.24, 2.45) is 0 Å². The first-order valence-electron chi connectivity index (χ1n) is 11.4. The Morgan fingerprint density at radius 2 is 1.77 bits per heavy atom. The molecule has 10 heteroatoms. The van der Waals surface area contributed by atoms with E-state index >= 15 is 0 Å². The zero-order chi connectivity index (χ0) is 24.5. The summed E-state index contributed by atoms with van der Waals surface area (Å²) in [6, 6.07) is 13.3. The number of anilines is 1. The fourth-order valence-corrected chi connectivity index (χ4v) is 4.94. The molecule has 0 atom stereocenters. The van der Waals surface area contributed by atoms with Gasteiger partial charge in [-0.2, -0.15) is 9.61 Å². The van der Waals surface area contributed by atoms with Crippen LogP contribution in [0.25, 0.3) is 15.5 Å². The number of carbonyl (C=O) groups excluding carboxylic acids is 1. The lowest BCUT2D eigenvalue weighted by Gasteiger charge is -2.34. The molecule has 1 N–H and O–H groups in total. The number of benzene rings is 2. The number of piperazine rings is 1. The van der Waals surface area contributed by atoms with E-state index in [-0.39, 0.29) is 17.4 Å². The summed E-state index contributed by atoms with van der Waals surface area (Å²) >= 11 is 1.29. The highest BCUT2D eigenvalue weighted by molar-refractivity contribution is 7.19. The van der Waals surface area contributed by atoms with Gasteiger partial charge in [0.05, 0.1) is 5.69 Å². The van der Waals surface area contributed by atoms with Crippen molar-refractivity contribution in [2.75, 3.05) is 31.5 Å². The third-order valence-electron chi connectivity index (χ3n) is 6.19. The van der Waals surface area contributed by atoms with Gasteiger partial charge in [-0.15, -0.1) is 0 Å². The molecule has 35 heavy (non-hydrogen) atoms. The number of hydrogen-bond donors (Lipinski definition) is 1. The van der Waals surface area contributed by atoms with Gasteiger partial charge < -0.3 is 10.2 Å². The number of hydrogen-bond acceptors (Lipinski definition) is 6. The molecule has 5 rings (SSSR count). The van der Waals surface area contributed by atoms with Crippen LogP contribution >= 0.6 is 11.3 Å². The molecule has 0 bridgehead atoms. The smallest absolute Gasteiger partial charge is 0.321 e. The number of fused-ring (bicyclic) bond motifs is 1. The molecule has 4 aromatic rings. The summed E-state index contributed by atoms with van der Waals surface area (Å²) in [5.74, 6) is -0.324. The lowest BCUT2D eigenvalue weighted by atomic mass is 10.1. The van der Waals surface area contributed by atoms with E-state index in [0.717, 1.165) is 16.8 Å². The molecule has 8 nitrogen and oxygen atoms in total. The number of amides is 2. The molecule has 1 aliphatic heterocycles. The summed E-state index contributed by atoms with van der Waals surface area (Å²) < 4.78 is 14.5. The average Bonchev–Trinajstić information content (AvgIpc) is 3.27. The van der Waals surface area contributed by atoms with E-state index < -0.39 is 0 Å². The van der Waals surface area contributed by atoms with E-state index in [2.05, 4.69) is 20.3 Å². The highest BCUT2D eigenvalue weighted by atomic mass is 32.1. The fourth-order valence-electron chi connectivity index (χ4n) is 4.01. The summed E-state index contributed by atoms with van der Waals surface area (Å²) in [4.78, 5) is 34.4. The van der Waals surface area contributed by atoms with Crippen LogP contribution < -0.4 is 10.9 Å². The third-order valence-corrected chi connectivity index (χ3v) is 7.15. The molecule has 0 saturated carbocycles. The van der Waals surface area contributed by atoms with Crippen LogP contribution in [0.3, 0.4) is 0 Å². The first kappa shape index (κ1) is 23.1. The monoisotopic (exact) mass is 492 g/mol. The van der Waals surface area contributed by atoms with Crippen molar-refractivity contribution < 1.29 is 9.18 Å². The standard InChI is InChI=1S/C25H25FN6O2S/c1-16-3-8-20(13-17(16)2)27-24(34)31-11-9-30(10-12-31)15-21-14-22(33)32-25(28-21)35-23(29-32)18-4-6-19(26)7-5-18/h3-8,13-14H,9-12,15H2,1-2H3,(H,27,34). The maximum absolute atomic E-state index is 13.2. The van der Waals surface area contributed by atoms with E-state index in [1.54, 1.807) is 17.0 Å². The zero-order valence-corrected chi connectivity index (χ0v) is 20.3. The molecule has 0 unspecified atom stereocenters. The molecule has 0 aliphatic carbocycles. The largest absolute Gasteiger partial charge is 0.322 e. The van der Waals surface area contributed by atoms with Crippen LogP contribution in [0.1, 0.15) is 16.8 Å². The molecular formula is C25H25FN6O2S. The minimum atomic E-state index is -0.324. The highest BCUT2D eigenvalue weighted by Gasteiger charge is 2.22. The topological polar surface area (TPSA) is 82.8 Å². The summed E-state index contributed by atoms with van der Waals surface area (Å²) in [6.45, 7) is 7.13. The number of halogens is 1.